The average Bonchev–Trinajstić information content (AvgIpc) is 2.38. The number of hydrogen-bond acceptors (Lipinski definition) is 2. The SMILES string of the molecule is CN(Cc1cccc(Cl)c1)S(=O)(=O)c1c(F)cccc1F. The molecule has 21 heavy (non-hydrogen) atoms. The van der Waals surface area contributed by atoms with Crippen molar-refractivity contribution in [1.29, 1.82) is 0 Å². The molecule has 0 aromatic heterocycles. The average molecular weight is 332 g/mol. The summed E-state index contributed by atoms with van der Waals surface area (Å²) < 4.78 is 52.7. The first-order chi connectivity index (χ1) is 9.82. The van der Waals surface area contributed by atoms with Gasteiger partial charge in [-0.3, -0.25) is 0 Å². The number of rotatable bonds is 4. The Bertz CT molecular complexity index is 745. The Morgan fingerprint density at radius 3 is 2.24 bits per heavy atom. The molecule has 0 N–H and O–H groups in total. The molecule has 2 aromatic carbocycles. The van der Waals surface area contributed by atoms with Gasteiger partial charge in [-0.15, -0.1) is 0 Å². The van der Waals surface area contributed by atoms with E-state index in [1.165, 1.54) is 7.05 Å². The summed E-state index contributed by atoms with van der Waals surface area (Å²) in [7, 11) is -3.02. The van der Waals surface area contributed by atoms with Crippen molar-refractivity contribution in [2.75, 3.05) is 7.05 Å². The molecule has 0 heterocycles. The Balaban J connectivity index is 2.35. The molecule has 2 rings (SSSR count). The first-order valence-electron chi connectivity index (χ1n) is 5.97. The Hall–Kier alpha value is -1.50. The second-order valence-electron chi connectivity index (χ2n) is 4.44. The smallest absolute Gasteiger partial charge is 0.207 e. The number of benzene rings is 2. The van der Waals surface area contributed by atoms with Crippen LogP contribution in [0.25, 0.3) is 0 Å². The van der Waals surface area contributed by atoms with Crippen molar-refractivity contribution in [3.63, 3.8) is 0 Å². The number of halogens is 3. The molecule has 0 atom stereocenters. The van der Waals surface area contributed by atoms with Gasteiger partial charge in [0.2, 0.25) is 10.0 Å². The van der Waals surface area contributed by atoms with Crippen LogP contribution in [-0.2, 0) is 16.6 Å². The molecule has 0 aliphatic heterocycles. The maximum absolute atomic E-state index is 13.6. The second kappa shape index (κ2) is 6.09. The van der Waals surface area contributed by atoms with Crippen molar-refractivity contribution < 1.29 is 17.2 Å². The standard InChI is InChI=1S/C14H12ClF2NO2S/c1-18(9-10-4-2-5-11(15)8-10)21(19,20)14-12(16)6-3-7-13(14)17/h2-8H,9H2,1H3. The van der Waals surface area contributed by atoms with Crippen LogP contribution < -0.4 is 0 Å². The lowest BCUT2D eigenvalue weighted by atomic mass is 10.2. The van der Waals surface area contributed by atoms with E-state index in [1.54, 1.807) is 24.3 Å². The monoisotopic (exact) mass is 331 g/mol. The van der Waals surface area contributed by atoms with Crippen LogP contribution in [0.3, 0.4) is 0 Å². The summed E-state index contributed by atoms with van der Waals surface area (Å²) in [5.74, 6) is -2.24. The molecular formula is C14H12ClF2NO2S. The van der Waals surface area contributed by atoms with Gasteiger partial charge in [0.15, 0.2) is 4.90 Å². The fourth-order valence-electron chi connectivity index (χ4n) is 1.86. The van der Waals surface area contributed by atoms with Gasteiger partial charge in [-0.1, -0.05) is 29.8 Å². The van der Waals surface area contributed by atoms with Gasteiger partial charge in [-0.05, 0) is 29.8 Å². The maximum atomic E-state index is 13.6. The fourth-order valence-corrected chi connectivity index (χ4v) is 3.33. The normalized spacial score (nSPS) is 11.9. The van der Waals surface area contributed by atoms with E-state index in [0.717, 1.165) is 22.5 Å². The number of nitrogens with zero attached hydrogens (tertiary/aromatic N) is 1. The topological polar surface area (TPSA) is 37.4 Å². The van der Waals surface area contributed by atoms with Crippen molar-refractivity contribution in [2.45, 2.75) is 11.4 Å². The van der Waals surface area contributed by atoms with Gasteiger partial charge in [0.25, 0.3) is 0 Å². The van der Waals surface area contributed by atoms with Crippen molar-refractivity contribution in [3.8, 4) is 0 Å². The Morgan fingerprint density at radius 2 is 1.67 bits per heavy atom. The summed E-state index contributed by atoms with van der Waals surface area (Å²) in [6, 6.07) is 9.51. The zero-order valence-corrected chi connectivity index (χ0v) is 12.6. The number of sulfonamides is 1. The zero-order chi connectivity index (χ0) is 15.6. The van der Waals surface area contributed by atoms with Gasteiger partial charge in [-0.25, -0.2) is 17.2 Å². The van der Waals surface area contributed by atoms with Gasteiger partial charge in [0.1, 0.15) is 11.6 Å². The molecule has 3 nitrogen and oxygen atoms in total. The lowest BCUT2D eigenvalue weighted by Gasteiger charge is -2.18. The summed E-state index contributed by atoms with van der Waals surface area (Å²) in [4.78, 5) is -0.950. The van der Waals surface area contributed by atoms with Gasteiger partial charge >= 0.3 is 0 Å². The largest absolute Gasteiger partial charge is 0.248 e. The van der Waals surface area contributed by atoms with Gasteiger partial charge in [-0.2, -0.15) is 4.31 Å². The molecule has 7 heteroatoms. The molecular weight excluding hydrogens is 320 g/mol. The van der Waals surface area contributed by atoms with Crippen molar-refractivity contribution in [3.05, 3.63) is 64.7 Å². The molecule has 0 aliphatic carbocycles. The highest BCUT2D eigenvalue weighted by atomic mass is 35.5. The quantitative estimate of drug-likeness (QED) is 0.860. The Labute approximate surface area is 126 Å². The summed E-state index contributed by atoms with van der Waals surface area (Å²) >= 11 is 5.82. The minimum Gasteiger partial charge on any atom is -0.207 e. The molecule has 0 fully saturated rings. The molecule has 0 unspecified atom stereocenters. The van der Waals surface area contributed by atoms with Crippen molar-refractivity contribution in [2.24, 2.45) is 0 Å². The first-order valence-corrected chi connectivity index (χ1v) is 7.79. The fraction of sp³-hybridized carbons (Fsp3) is 0.143. The molecule has 2 aromatic rings. The summed E-state index contributed by atoms with van der Waals surface area (Å²) in [6.45, 7) is -0.0450. The zero-order valence-electron chi connectivity index (χ0n) is 11.1. The van der Waals surface area contributed by atoms with E-state index in [0.29, 0.717) is 10.6 Å². The van der Waals surface area contributed by atoms with Crippen molar-refractivity contribution >= 4 is 21.6 Å². The highest BCUT2D eigenvalue weighted by Gasteiger charge is 2.28. The van der Waals surface area contributed by atoms with Gasteiger partial charge in [0.05, 0.1) is 0 Å². The third-order valence-corrected chi connectivity index (χ3v) is 4.97. The van der Waals surface area contributed by atoms with E-state index in [2.05, 4.69) is 0 Å². The molecule has 0 spiro atoms. The van der Waals surface area contributed by atoms with Crippen LogP contribution in [0.15, 0.2) is 47.4 Å². The highest BCUT2D eigenvalue weighted by molar-refractivity contribution is 7.89. The minimum absolute atomic E-state index is 0.0450. The molecule has 0 amide bonds. The van der Waals surface area contributed by atoms with Crippen LogP contribution in [0.5, 0.6) is 0 Å². The van der Waals surface area contributed by atoms with Gasteiger partial charge < -0.3 is 0 Å². The van der Waals surface area contributed by atoms with E-state index >= 15 is 0 Å². The third kappa shape index (κ3) is 3.40. The van der Waals surface area contributed by atoms with Crippen LogP contribution in [0.1, 0.15) is 5.56 Å². The van der Waals surface area contributed by atoms with Crippen LogP contribution in [0, 0.1) is 11.6 Å². The van der Waals surface area contributed by atoms with Gasteiger partial charge in [0, 0.05) is 18.6 Å². The second-order valence-corrected chi connectivity index (χ2v) is 6.86. The molecule has 0 saturated carbocycles. The van der Waals surface area contributed by atoms with Crippen LogP contribution in [-0.4, -0.2) is 19.8 Å². The lowest BCUT2D eigenvalue weighted by molar-refractivity contribution is 0.448. The molecule has 0 aliphatic rings. The summed E-state index contributed by atoms with van der Waals surface area (Å²) in [5, 5.41) is 0.454. The summed E-state index contributed by atoms with van der Waals surface area (Å²) in [6.07, 6.45) is 0. The maximum Gasteiger partial charge on any atom is 0.248 e. The Morgan fingerprint density at radius 1 is 1.10 bits per heavy atom. The first kappa shape index (κ1) is 15.9. The Kier molecular flexibility index (Phi) is 4.61. The lowest BCUT2D eigenvalue weighted by Crippen LogP contribution is -2.28. The predicted octanol–water partition coefficient (Wildman–Crippen LogP) is 3.44. The molecule has 0 saturated heterocycles. The molecule has 0 radical (unpaired) electrons. The highest BCUT2D eigenvalue weighted by Crippen LogP contribution is 2.23. The summed E-state index contributed by atoms with van der Waals surface area (Å²) in [5.41, 5.74) is 0.616. The third-order valence-electron chi connectivity index (χ3n) is 2.88. The molecule has 112 valence electrons. The van der Waals surface area contributed by atoms with Crippen LogP contribution in [0.4, 0.5) is 8.78 Å². The van der Waals surface area contributed by atoms with Crippen LogP contribution in [0.2, 0.25) is 5.02 Å². The van der Waals surface area contributed by atoms with Crippen molar-refractivity contribution in [1.82, 2.24) is 4.31 Å². The van der Waals surface area contributed by atoms with E-state index in [1.807, 2.05) is 0 Å². The number of hydrogen-bond donors (Lipinski definition) is 0. The van der Waals surface area contributed by atoms with Crippen LogP contribution >= 0.6 is 11.6 Å². The molecule has 0 bridgehead atoms. The van der Waals surface area contributed by atoms with E-state index in [4.69, 9.17) is 11.6 Å². The predicted molar refractivity (Wildman–Crippen MR) is 76.5 cm³/mol. The minimum atomic E-state index is -4.27. The van der Waals surface area contributed by atoms with E-state index in [9.17, 15) is 17.2 Å². The van der Waals surface area contributed by atoms with E-state index < -0.39 is 26.6 Å². The van der Waals surface area contributed by atoms with E-state index in [-0.39, 0.29) is 6.54 Å².